The van der Waals surface area contributed by atoms with Gasteiger partial charge in [0, 0.05) is 43.6 Å². The van der Waals surface area contributed by atoms with Crippen molar-refractivity contribution in [2.75, 3.05) is 31.1 Å². The third-order valence-electron chi connectivity index (χ3n) is 7.16. The number of piperidine rings is 1. The first kappa shape index (κ1) is 16.4. The van der Waals surface area contributed by atoms with Crippen LogP contribution in [-0.2, 0) is 7.05 Å². The summed E-state index contributed by atoms with van der Waals surface area (Å²) in [5.74, 6) is 0. The van der Waals surface area contributed by atoms with Gasteiger partial charge < -0.3 is 9.80 Å². The number of aromatic nitrogens is 2. The lowest BCUT2D eigenvalue weighted by Crippen LogP contribution is -2.48. The fourth-order valence-corrected chi connectivity index (χ4v) is 5.11. The molecule has 26 heavy (non-hydrogen) atoms. The molecule has 0 atom stereocenters. The Bertz CT molecular complexity index is 751. The molecule has 0 bridgehead atoms. The van der Waals surface area contributed by atoms with Gasteiger partial charge in [-0.3, -0.25) is 4.68 Å². The van der Waals surface area contributed by atoms with Crippen LogP contribution in [0.4, 0.5) is 5.69 Å². The predicted molar refractivity (Wildman–Crippen MR) is 106 cm³/mol. The third-order valence-corrected chi connectivity index (χ3v) is 7.16. The molecule has 1 aliphatic carbocycles. The molecule has 0 unspecified atom stereocenters. The first-order chi connectivity index (χ1) is 12.7. The number of aryl methyl sites for hydroxylation is 1. The number of rotatable bonds is 3. The normalized spacial score (nSPS) is 23.5. The lowest BCUT2D eigenvalue weighted by Gasteiger charge is -2.45. The van der Waals surface area contributed by atoms with Crippen molar-refractivity contribution in [1.82, 2.24) is 14.7 Å². The van der Waals surface area contributed by atoms with Crippen LogP contribution in [0.1, 0.15) is 38.5 Å². The van der Waals surface area contributed by atoms with E-state index < -0.39 is 0 Å². The van der Waals surface area contributed by atoms with Crippen molar-refractivity contribution in [3.05, 3.63) is 36.7 Å². The zero-order valence-corrected chi connectivity index (χ0v) is 15.9. The smallest absolute Gasteiger partial charge is 0.0568 e. The molecule has 1 aromatic heterocycles. The SMILES string of the molecule is Cn1cc(-c2ccc(N3CCC4(CCN(C5CCC5)CC4)C3)cc2)cn1. The van der Waals surface area contributed by atoms with E-state index in [2.05, 4.69) is 45.4 Å². The van der Waals surface area contributed by atoms with Gasteiger partial charge >= 0.3 is 0 Å². The van der Waals surface area contributed by atoms with Crippen molar-refractivity contribution >= 4 is 5.69 Å². The van der Waals surface area contributed by atoms with Crippen molar-refractivity contribution in [3.63, 3.8) is 0 Å². The molecule has 0 radical (unpaired) electrons. The van der Waals surface area contributed by atoms with Crippen LogP contribution in [0.25, 0.3) is 11.1 Å². The van der Waals surface area contributed by atoms with Gasteiger partial charge in [-0.15, -0.1) is 0 Å². The van der Waals surface area contributed by atoms with E-state index >= 15 is 0 Å². The molecule has 0 N–H and O–H groups in total. The predicted octanol–water partition coefficient (Wildman–Crippen LogP) is 3.93. The van der Waals surface area contributed by atoms with E-state index in [-0.39, 0.29) is 0 Å². The average molecular weight is 351 g/mol. The minimum absolute atomic E-state index is 0.572. The number of hydrogen-bond acceptors (Lipinski definition) is 3. The molecule has 1 spiro atoms. The molecule has 4 nitrogen and oxygen atoms in total. The maximum absolute atomic E-state index is 4.28. The highest BCUT2D eigenvalue weighted by Gasteiger charge is 2.42. The van der Waals surface area contributed by atoms with E-state index in [1.54, 1.807) is 0 Å². The standard InChI is InChI=1S/C22H30N4/c1-24-16-19(15-23-24)18-5-7-21(8-6-18)26-14-11-22(17-26)9-12-25(13-10-22)20-3-2-4-20/h5-8,15-16,20H,2-4,9-14,17H2,1H3. The van der Waals surface area contributed by atoms with Crippen LogP contribution in [0, 0.1) is 5.41 Å². The summed E-state index contributed by atoms with van der Waals surface area (Å²) in [5, 5.41) is 4.28. The first-order valence-electron chi connectivity index (χ1n) is 10.3. The molecular weight excluding hydrogens is 320 g/mol. The Hall–Kier alpha value is -1.81. The van der Waals surface area contributed by atoms with Crippen LogP contribution in [0.15, 0.2) is 36.7 Å². The number of likely N-dealkylation sites (tertiary alicyclic amines) is 1. The Morgan fingerprint density at radius 3 is 2.31 bits per heavy atom. The van der Waals surface area contributed by atoms with E-state index in [0.717, 1.165) is 6.04 Å². The second-order valence-corrected chi connectivity index (χ2v) is 8.74. The summed E-state index contributed by atoms with van der Waals surface area (Å²) in [6.45, 7) is 5.13. The quantitative estimate of drug-likeness (QED) is 0.838. The van der Waals surface area contributed by atoms with Crippen molar-refractivity contribution in [3.8, 4) is 11.1 Å². The van der Waals surface area contributed by atoms with Crippen molar-refractivity contribution in [2.45, 2.75) is 44.6 Å². The van der Waals surface area contributed by atoms with E-state index in [1.807, 2.05) is 17.9 Å². The molecule has 0 amide bonds. The summed E-state index contributed by atoms with van der Waals surface area (Å²) >= 11 is 0. The van der Waals surface area contributed by atoms with Gasteiger partial charge in [0.15, 0.2) is 0 Å². The fraction of sp³-hybridized carbons (Fsp3) is 0.591. The Morgan fingerprint density at radius 1 is 0.962 bits per heavy atom. The van der Waals surface area contributed by atoms with E-state index in [0.29, 0.717) is 5.41 Å². The summed E-state index contributed by atoms with van der Waals surface area (Å²) in [4.78, 5) is 5.39. The lowest BCUT2D eigenvalue weighted by atomic mass is 9.76. The molecule has 1 saturated carbocycles. The lowest BCUT2D eigenvalue weighted by molar-refractivity contribution is 0.0524. The van der Waals surface area contributed by atoms with Gasteiger partial charge in [0.2, 0.25) is 0 Å². The highest BCUT2D eigenvalue weighted by atomic mass is 15.2. The van der Waals surface area contributed by atoms with Gasteiger partial charge in [-0.1, -0.05) is 18.6 Å². The highest BCUT2D eigenvalue weighted by molar-refractivity contribution is 5.65. The number of nitrogens with zero attached hydrogens (tertiary/aromatic N) is 4. The van der Waals surface area contributed by atoms with Crippen LogP contribution in [0.2, 0.25) is 0 Å². The molecule has 4 heteroatoms. The Balaban J connectivity index is 1.23. The maximum Gasteiger partial charge on any atom is 0.0568 e. The molecular formula is C22H30N4. The molecule has 3 heterocycles. The Kier molecular flexibility index (Phi) is 4.04. The zero-order valence-electron chi connectivity index (χ0n) is 15.9. The molecule has 3 aliphatic rings. The molecule has 5 rings (SSSR count). The van der Waals surface area contributed by atoms with Crippen LogP contribution < -0.4 is 4.90 Å². The number of hydrogen-bond donors (Lipinski definition) is 0. The van der Waals surface area contributed by atoms with Crippen molar-refractivity contribution < 1.29 is 0 Å². The molecule has 2 saturated heterocycles. The summed E-state index contributed by atoms with van der Waals surface area (Å²) < 4.78 is 1.86. The maximum atomic E-state index is 4.28. The van der Waals surface area contributed by atoms with E-state index in [9.17, 15) is 0 Å². The summed E-state index contributed by atoms with van der Waals surface area (Å²) in [7, 11) is 1.97. The number of benzene rings is 1. The van der Waals surface area contributed by atoms with Gasteiger partial charge in [-0.05, 0) is 68.3 Å². The monoisotopic (exact) mass is 350 g/mol. The van der Waals surface area contributed by atoms with Gasteiger partial charge in [0.25, 0.3) is 0 Å². The minimum Gasteiger partial charge on any atom is -0.371 e. The van der Waals surface area contributed by atoms with Gasteiger partial charge in [-0.25, -0.2) is 0 Å². The van der Waals surface area contributed by atoms with E-state index in [1.165, 1.54) is 81.5 Å². The van der Waals surface area contributed by atoms with Crippen LogP contribution in [-0.4, -0.2) is 46.9 Å². The summed E-state index contributed by atoms with van der Waals surface area (Å²) in [6.07, 6.45) is 12.5. The average Bonchev–Trinajstić information content (AvgIpc) is 3.23. The van der Waals surface area contributed by atoms with Crippen LogP contribution in [0.5, 0.6) is 0 Å². The second-order valence-electron chi connectivity index (χ2n) is 8.74. The fourth-order valence-electron chi connectivity index (χ4n) is 5.11. The molecule has 1 aromatic carbocycles. The number of anilines is 1. The molecule has 3 fully saturated rings. The Morgan fingerprint density at radius 2 is 1.69 bits per heavy atom. The second kappa shape index (κ2) is 6.41. The largest absolute Gasteiger partial charge is 0.371 e. The molecule has 2 aromatic rings. The van der Waals surface area contributed by atoms with Gasteiger partial charge in [0.1, 0.15) is 0 Å². The van der Waals surface area contributed by atoms with Crippen LogP contribution >= 0.6 is 0 Å². The Labute approximate surface area is 156 Å². The van der Waals surface area contributed by atoms with Gasteiger partial charge in [-0.2, -0.15) is 5.10 Å². The zero-order chi connectivity index (χ0) is 17.6. The highest BCUT2D eigenvalue weighted by Crippen LogP contribution is 2.43. The van der Waals surface area contributed by atoms with Crippen molar-refractivity contribution in [2.24, 2.45) is 12.5 Å². The van der Waals surface area contributed by atoms with Crippen LogP contribution in [0.3, 0.4) is 0 Å². The van der Waals surface area contributed by atoms with E-state index in [4.69, 9.17) is 0 Å². The minimum atomic E-state index is 0.572. The third kappa shape index (κ3) is 2.94. The summed E-state index contributed by atoms with van der Waals surface area (Å²) in [6, 6.07) is 10.0. The summed E-state index contributed by atoms with van der Waals surface area (Å²) in [5.41, 5.74) is 4.41. The first-order valence-corrected chi connectivity index (χ1v) is 10.3. The topological polar surface area (TPSA) is 24.3 Å². The molecule has 2 aliphatic heterocycles. The van der Waals surface area contributed by atoms with Crippen molar-refractivity contribution in [1.29, 1.82) is 0 Å². The van der Waals surface area contributed by atoms with Gasteiger partial charge in [0.05, 0.1) is 6.20 Å². The molecule has 138 valence electrons.